The lowest BCUT2D eigenvalue weighted by Crippen LogP contribution is -2.26. The van der Waals surface area contributed by atoms with E-state index in [1.165, 1.54) is 18.5 Å². The number of nitrogens with zero attached hydrogens (tertiary/aromatic N) is 1. The topological polar surface area (TPSA) is 95.1 Å². The summed E-state index contributed by atoms with van der Waals surface area (Å²) in [5.41, 5.74) is 0.405. The number of fused-ring (bicyclic) bond motifs is 1. The number of nitrogens with one attached hydrogen (secondary N) is 2. The number of aromatic amines is 1. The molecular weight excluding hydrogens is 266 g/mol. The van der Waals surface area contributed by atoms with E-state index in [0.29, 0.717) is 16.1 Å². The van der Waals surface area contributed by atoms with Crippen LogP contribution in [-0.2, 0) is 10.0 Å². The number of pyridine rings is 1. The Morgan fingerprint density at radius 3 is 3.00 bits per heavy atom. The lowest BCUT2D eigenvalue weighted by atomic mass is 10.3. The van der Waals surface area contributed by atoms with Crippen LogP contribution in [0.3, 0.4) is 0 Å². The van der Waals surface area contributed by atoms with Gasteiger partial charge < -0.3 is 10.1 Å². The SMILES string of the molecule is O=S(=O)(NCCO)c1c[nH]c2nccc(Cl)c12. The quantitative estimate of drug-likeness (QED) is 0.757. The van der Waals surface area contributed by atoms with Gasteiger partial charge >= 0.3 is 0 Å². The number of sulfonamides is 1. The maximum atomic E-state index is 11.9. The van der Waals surface area contributed by atoms with Gasteiger partial charge in [-0.2, -0.15) is 0 Å². The van der Waals surface area contributed by atoms with Crippen molar-refractivity contribution in [1.29, 1.82) is 0 Å². The van der Waals surface area contributed by atoms with Gasteiger partial charge in [0.25, 0.3) is 0 Å². The molecule has 6 nitrogen and oxygen atoms in total. The molecular formula is C9H10ClN3O3S. The Morgan fingerprint density at radius 2 is 2.29 bits per heavy atom. The summed E-state index contributed by atoms with van der Waals surface area (Å²) in [6, 6.07) is 1.52. The average molecular weight is 276 g/mol. The zero-order valence-electron chi connectivity index (χ0n) is 8.64. The Bertz CT molecular complexity index is 638. The van der Waals surface area contributed by atoms with E-state index in [1.807, 2.05) is 0 Å². The zero-order valence-corrected chi connectivity index (χ0v) is 10.2. The smallest absolute Gasteiger partial charge is 0.242 e. The van der Waals surface area contributed by atoms with Crippen molar-refractivity contribution in [3.05, 3.63) is 23.5 Å². The Labute approximate surface area is 103 Å². The first-order valence-corrected chi connectivity index (χ1v) is 6.64. The molecule has 2 heterocycles. The molecule has 0 saturated heterocycles. The summed E-state index contributed by atoms with van der Waals surface area (Å²) in [6.45, 7) is -0.319. The van der Waals surface area contributed by atoms with E-state index < -0.39 is 10.0 Å². The second-order valence-corrected chi connectivity index (χ2v) is 5.43. The first-order valence-electron chi connectivity index (χ1n) is 4.78. The fraction of sp³-hybridized carbons (Fsp3) is 0.222. The van der Waals surface area contributed by atoms with Crippen molar-refractivity contribution in [2.24, 2.45) is 0 Å². The van der Waals surface area contributed by atoms with Gasteiger partial charge in [0.05, 0.1) is 17.0 Å². The van der Waals surface area contributed by atoms with Crippen molar-refractivity contribution in [1.82, 2.24) is 14.7 Å². The number of halogens is 1. The summed E-state index contributed by atoms with van der Waals surface area (Å²) in [4.78, 5) is 6.74. The lowest BCUT2D eigenvalue weighted by Gasteiger charge is -2.04. The molecule has 92 valence electrons. The van der Waals surface area contributed by atoms with E-state index in [4.69, 9.17) is 16.7 Å². The number of rotatable bonds is 4. The third-order valence-corrected chi connectivity index (χ3v) is 3.98. The molecule has 0 aliphatic rings. The van der Waals surface area contributed by atoms with Crippen LogP contribution in [0, 0.1) is 0 Å². The van der Waals surface area contributed by atoms with E-state index in [2.05, 4.69) is 14.7 Å². The number of aromatic nitrogens is 2. The third-order valence-electron chi connectivity index (χ3n) is 2.18. The molecule has 0 unspecified atom stereocenters. The minimum Gasteiger partial charge on any atom is -0.395 e. The lowest BCUT2D eigenvalue weighted by molar-refractivity contribution is 0.301. The predicted octanol–water partition coefficient (Wildman–Crippen LogP) is 0.487. The molecule has 0 atom stereocenters. The van der Waals surface area contributed by atoms with Gasteiger partial charge in [-0.05, 0) is 6.07 Å². The molecule has 8 heteroatoms. The summed E-state index contributed by atoms with van der Waals surface area (Å²) in [7, 11) is -3.69. The highest BCUT2D eigenvalue weighted by molar-refractivity contribution is 7.89. The van der Waals surface area contributed by atoms with Crippen molar-refractivity contribution in [2.75, 3.05) is 13.2 Å². The number of H-pyrrole nitrogens is 1. The molecule has 0 saturated carbocycles. The largest absolute Gasteiger partial charge is 0.395 e. The van der Waals surface area contributed by atoms with Crippen LogP contribution in [0.15, 0.2) is 23.4 Å². The van der Waals surface area contributed by atoms with E-state index >= 15 is 0 Å². The molecule has 2 aromatic heterocycles. The van der Waals surface area contributed by atoms with Crippen LogP contribution in [0.2, 0.25) is 5.02 Å². The molecule has 2 aromatic rings. The third kappa shape index (κ3) is 2.27. The van der Waals surface area contributed by atoms with Crippen molar-refractivity contribution in [2.45, 2.75) is 4.90 Å². The molecule has 2 rings (SSSR count). The molecule has 17 heavy (non-hydrogen) atoms. The van der Waals surface area contributed by atoms with Crippen LogP contribution in [-0.4, -0.2) is 36.6 Å². The minimum atomic E-state index is -3.69. The fourth-order valence-electron chi connectivity index (χ4n) is 1.46. The Hall–Kier alpha value is -1.15. The van der Waals surface area contributed by atoms with Crippen molar-refractivity contribution in [3.8, 4) is 0 Å². The number of hydrogen-bond acceptors (Lipinski definition) is 4. The monoisotopic (exact) mass is 275 g/mol. The number of aliphatic hydroxyl groups excluding tert-OH is 1. The normalized spacial score (nSPS) is 12.1. The van der Waals surface area contributed by atoms with Crippen LogP contribution < -0.4 is 4.72 Å². The van der Waals surface area contributed by atoms with Gasteiger partial charge in [-0.3, -0.25) is 0 Å². The first kappa shape index (κ1) is 12.3. The highest BCUT2D eigenvalue weighted by Crippen LogP contribution is 2.27. The Balaban J connectivity index is 2.56. The van der Waals surface area contributed by atoms with Crippen molar-refractivity contribution in [3.63, 3.8) is 0 Å². The zero-order chi connectivity index (χ0) is 12.5. The summed E-state index contributed by atoms with van der Waals surface area (Å²) >= 11 is 5.94. The molecule has 0 radical (unpaired) electrons. The van der Waals surface area contributed by atoms with Crippen molar-refractivity contribution >= 4 is 32.7 Å². The van der Waals surface area contributed by atoms with Gasteiger partial charge in [0.1, 0.15) is 10.5 Å². The summed E-state index contributed by atoms with van der Waals surface area (Å²) in [5.74, 6) is 0. The predicted molar refractivity (Wildman–Crippen MR) is 63.4 cm³/mol. The molecule has 0 spiro atoms. The maximum Gasteiger partial charge on any atom is 0.242 e. The second-order valence-electron chi connectivity index (χ2n) is 3.29. The van der Waals surface area contributed by atoms with E-state index in [-0.39, 0.29) is 18.0 Å². The van der Waals surface area contributed by atoms with Crippen LogP contribution in [0.1, 0.15) is 0 Å². The van der Waals surface area contributed by atoms with E-state index in [9.17, 15) is 8.42 Å². The number of hydrogen-bond donors (Lipinski definition) is 3. The Morgan fingerprint density at radius 1 is 1.53 bits per heavy atom. The number of aliphatic hydroxyl groups is 1. The standard InChI is InChI=1S/C9H10ClN3O3S/c10-6-1-2-11-9-8(6)7(5-12-9)17(15,16)13-3-4-14/h1-2,5,13-14H,3-4H2,(H,11,12). The van der Waals surface area contributed by atoms with Gasteiger partial charge in [-0.1, -0.05) is 11.6 Å². The van der Waals surface area contributed by atoms with Gasteiger partial charge in [0.2, 0.25) is 10.0 Å². The summed E-state index contributed by atoms with van der Waals surface area (Å²) in [6.07, 6.45) is 2.81. The van der Waals surface area contributed by atoms with Gasteiger partial charge in [-0.15, -0.1) is 0 Å². The Kier molecular flexibility index (Phi) is 3.34. The molecule has 0 aromatic carbocycles. The summed E-state index contributed by atoms with van der Waals surface area (Å²) in [5, 5.41) is 9.27. The average Bonchev–Trinajstić information content (AvgIpc) is 2.72. The molecule has 0 aliphatic heterocycles. The first-order chi connectivity index (χ1) is 8.06. The van der Waals surface area contributed by atoms with Gasteiger partial charge in [-0.25, -0.2) is 18.1 Å². The molecule has 3 N–H and O–H groups in total. The highest BCUT2D eigenvalue weighted by atomic mass is 35.5. The fourth-order valence-corrected chi connectivity index (χ4v) is 2.97. The van der Waals surface area contributed by atoms with Gasteiger partial charge in [0, 0.05) is 18.9 Å². The van der Waals surface area contributed by atoms with Gasteiger partial charge in [0.15, 0.2) is 0 Å². The van der Waals surface area contributed by atoms with Crippen LogP contribution >= 0.6 is 11.6 Å². The summed E-state index contributed by atoms with van der Waals surface area (Å²) < 4.78 is 26.0. The van der Waals surface area contributed by atoms with E-state index in [1.54, 1.807) is 0 Å². The second kappa shape index (κ2) is 4.61. The maximum absolute atomic E-state index is 11.9. The molecule has 0 fully saturated rings. The van der Waals surface area contributed by atoms with E-state index in [0.717, 1.165) is 0 Å². The highest BCUT2D eigenvalue weighted by Gasteiger charge is 2.20. The molecule has 0 aliphatic carbocycles. The minimum absolute atomic E-state index is 0.0269. The van der Waals surface area contributed by atoms with Crippen LogP contribution in [0.25, 0.3) is 11.0 Å². The van der Waals surface area contributed by atoms with Crippen LogP contribution in [0.4, 0.5) is 0 Å². The molecule has 0 bridgehead atoms. The van der Waals surface area contributed by atoms with Crippen molar-refractivity contribution < 1.29 is 13.5 Å². The van der Waals surface area contributed by atoms with Crippen LogP contribution in [0.5, 0.6) is 0 Å². The molecule has 0 amide bonds.